The molecule has 1 aromatic heterocycles. The minimum absolute atomic E-state index is 0. The van der Waals surface area contributed by atoms with Crippen molar-refractivity contribution in [2.24, 2.45) is 5.92 Å². The van der Waals surface area contributed by atoms with Gasteiger partial charge in [0.1, 0.15) is 18.7 Å². The van der Waals surface area contributed by atoms with Crippen LogP contribution in [0.5, 0.6) is 0 Å². The first-order chi connectivity index (χ1) is 17.5. The Labute approximate surface area is 226 Å². The van der Waals surface area contributed by atoms with Crippen LogP contribution in [0.25, 0.3) is 0 Å². The zero-order valence-corrected chi connectivity index (χ0v) is 21.9. The Morgan fingerprint density at radius 3 is 2.30 bits per heavy atom. The normalized spacial score (nSPS) is 24.7. The molecule has 4 aliphatic rings. The first-order valence-electron chi connectivity index (χ1n) is 12.5. The molecule has 2 N–H and O–H groups in total. The van der Waals surface area contributed by atoms with E-state index in [0.717, 1.165) is 37.1 Å². The number of hydrogen-bond donors (Lipinski definition) is 2. The number of quaternary nitrogens is 1. The molecule has 192 valence electrons. The van der Waals surface area contributed by atoms with Gasteiger partial charge in [-0.05, 0) is 23.6 Å². The van der Waals surface area contributed by atoms with E-state index in [1.54, 1.807) is 12.3 Å². The molecule has 37 heavy (non-hydrogen) atoms. The number of fused-ring (bicyclic) bond motifs is 5. The number of aromatic nitrogens is 2. The van der Waals surface area contributed by atoms with Gasteiger partial charge in [-0.25, -0.2) is 14.8 Å². The number of nitrogens with zero attached hydrogens (tertiary/aromatic N) is 3. The van der Waals surface area contributed by atoms with Crippen molar-refractivity contribution in [3.8, 4) is 0 Å². The van der Waals surface area contributed by atoms with Crippen molar-refractivity contribution in [1.82, 2.24) is 9.97 Å². The average molecular weight is 565 g/mol. The molecule has 3 fully saturated rings. The van der Waals surface area contributed by atoms with Crippen LogP contribution < -0.4 is 22.3 Å². The van der Waals surface area contributed by atoms with E-state index in [-0.39, 0.29) is 34.9 Å². The van der Waals surface area contributed by atoms with E-state index in [4.69, 9.17) is 4.74 Å². The summed E-state index contributed by atoms with van der Waals surface area (Å²) in [5.41, 5.74) is 1.17. The minimum Gasteiger partial charge on any atom is -1.00 e. The summed E-state index contributed by atoms with van der Waals surface area (Å²) in [6, 6.07) is 16.7. The Morgan fingerprint density at radius 1 is 1.03 bits per heavy atom. The summed E-state index contributed by atoms with van der Waals surface area (Å²) < 4.78 is 6.72. The first-order valence-corrected chi connectivity index (χ1v) is 12.5. The molecule has 9 heteroatoms. The molecule has 0 saturated carbocycles. The molecule has 3 aromatic rings. The first kappa shape index (κ1) is 25.5. The molecule has 3 aliphatic heterocycles. The second-order valence-corrected chi connectivity index (χ2v) is 10.3. The third kappa shape index (κ3) is 4.56. The number of aliphatic hydroxyl groups is 1. The van der Waals surface area contributed by atoms with Gasteiger partial charge in [0, 0.05) is 36.1 Å². The number of carbonyl (C=O) groups excluding carboxylic acids is 2. The lowest BCUT2D eigenvalue weighted by Gasteiger charge is -2.51. The number of piperidine rings is 3. The van der Waals surface area contributed by atoms with Crippen LogP contribution in [0, 0.1) is 5.92 Å². The van der Waals surface area contributed by atoms with E-state index < -0.39 is 11.6 Å². The van der Waals surface area contributed by atoms with Crippen LogP contribution in [0.15, 0.2) is 67.1 Å². The summed E-state index contributed by atoms with van der Waals surface area (Å²) in [5, 5.41) is 14.8. The third-order valence-electron chi connectivity index (χ3n) is 8.12. The summed E-state index contributed by atoms with van der Waals surface area (Å²) in [5.74, 6) is -0.0474. The number of amides is 1. The second kappa shape index (κ2) is 9.96. The van der Waals surface area contributed by atoms with Crippen LogP contribution in [-0.4, -0.2) is 63.7 Å². The van der Waals surface area contributed by atoms with E-state index in [2.05, 4.69) is 15.3 Å². The van der Waals surface area contributed by atoms with Crippen LogP contribution in [0.2, 0.25) is 0 Å². The Morgan fingerprint density at radius 2 is 1.68 bits per heavy atom. The number of rotatable bonds is 5. The predicted molar refractivity (Wildman–Crippen MR) is 132 cm³/mol. The minimum atomic E-state index is -1.85. The van der Waals surface area contributed by atoms with Crippen molar-refractivity contribution < 1.29 is 40.9 Å². The Balaban J connectivity index is 0.00000280. The molecule has 4 heterocycles. The third-order valence-corrected chi connectivity index (χ3v) is 8.12. The van der Waals surface area contributed by atoms with Crippen LogP contribution in [0.3, 0.4) is 0 Å². The van der Waals surface area contributed by atoms with E-state index in [0.29, 0.717) is 40.9 Å². The van der Waals surface area contributed by atoms with E-state index in [1.165, 1.54) is 6.33 Å². The fourth-order valence-electron chi connectivity index (χ4n) is 6.28. The number of ether oxygens (including phenoxy) is 1. The van der Waals surface area contributed by atoms with E-state index in [1.807, 2.05) is 48.5 Å². The van der Waals surface area contributed by atoms with Crippen molar-refractivity contribution in [1.29, 1.82) is 0 Å². The van der Waals surface area contributed by atoms with Crippen molar-refractivity contribution >= 4 is 17.7 Å². The molecule has 0 spiro atoms. The molecule has 1 aliphatic carbocycles. The van der Waals surface area contributed by atoms with Crippen molar-refractivity contribution in [2.75, 3.05) is 31.5 Å². The number of hydrogen-bond acceptors (Lipinski definition) is 6. The Bertz CT molecular complexity index is 1260. The molecule has 2 bridgehead atoms. The molecule has 0 radical (unpaired) electrons. The highest BCUT2D eigenvalue weighted by molar-refractivity contribution is 5.90. The Kier molecular flexibility index (Phi) is 6.87. The summed E-state index contributed by atoms with van der Waals surface area (Å²) in [6.07, 6.45) is 5.06. The molecular weight excluding hydrogens is 536 g/mol. The zero-order valence-electron chi connectivity index (χ0n) is 20.3. The quantitative estimate of drug-likeness (QED) is 0.317. The molecule has 8 nitrogen and oxygen atoms in total. The number of carbonyl (C=O) groups is 2. The molecule has 2 aromatic carbocycles. The van der Waals surface area contributed by atoms with Gasteiger partial charge in [0.2, 0.25) is 5.60 Å². The topological polar surface area (TPSA) is 101 Å². The number of esters is 1. The van der Waals surface area contributed by atoms with Crippen LogP contribution >= 0.6 is 0 Å². The lowest BCUT2D eigenvalue weighted by molar-refractivity contribution is -0.939. The predicted octanol–water partition coefficient (Wildman–Crippen LogP) is -0.588. The molecule has 7 rings (SSSR count). The molecule has 0 unspecified atom stereocenters. The van der Waals surface area contributed by atoms with Gasteiger partial charge in [0.15, 0.2) is 12.6 Å². The van der Waals surface area contributed by atoms with Crippen LogP contribution in [-0.2, 0) is 26.3 Å². The SMILES string of the molecule is O=C(C[N+]12CCC(CC1)[C@@H](OC(=O)C1(O)c3ccccc3Cc3ccccc31)C2)Nc1ccncn1.[Br-]. The number of anilines is 1. The average Bonchev–Trinajstić information content (AvgIpc) is 2.90. The highest BCUT2D eigenvalue weighted by Gasteiger charge is 2.52. The summed E-state index contributed by atoms with van der Waals surface area (Å²) in [4.78, 5) is 34.6. The van der Waals surface area contributed by atoms with Crippen molar-refractivity contribution in [3.63, 3.8) is 0 Å². The summed E-state index contributed by atoms with van der Waals surface area (Å²) in [7, 11) is 0. The lowest BCUT2D eigenvalue weighted by Crippen LogP contribution is -3.00. The molecular formula is C28H29BrN4O4. The van der Waals surface area contributed by atoms with Gasteiger partial charge < -0.3 is 36.6 Å². The number of halogens is 1. The number of benzene rings is 2. The largest absolute Gasteiger partial charge is 1.00 e. The fraction of sp³-hybridized carbons (Fsp3) is 0.357. The zero-order chi connectivity index (χ0) is 24.8. The van der Waals surface area contributed by atoms with Gasteiger partial charge in [0.25, 0.3) is 5.91 Å². The summed E-state index contributed by atoms with van der Waals surface area (Å²) in [6.45, 7) is 2.59. The maximum absolute atomic E-state index is 13.8. The monoisotopic (exact) mass is 564 g/mol. The Hall–Kier alpha value is -3.14. The van der Waals surface area contributed by atoms with E-state index in [9.17, 15) is 14.7 Å². The maximum Gasteiger partial charge on any atom is 0.348 e. The van der Waals surface area contributed by atoms with Gasteiger partial charge in [-0.2, -0.15) is 0 Å². The van der Waals surface area contributed by atoms with Gasteiger partial charge >= 0.3 is 5.97 Å². The molecule has 3 saturated heterocycles. The van der Waals surface area contributed by atoms with Gasteiger partial charge in [-0.15, -0.1) is 0 Å². The van der Waals surface area contributed by atoms with Gasteiger partial charge in [0.05, 0.1) is 13.1 Å². The van der Waals surface area contributed by atoms with Crippen LogP contribution in [0.1, 0.15) is 35.1 Å². The lowest BCUT2D eigenvalue weighted by atomic mass is 9.74. The molecule has 1 atom stereocenters. The van der Waals surface area contributed by atoms with Gasteiger partial charge in [-0.3, -0.25) is 4.79 Å². The highest BCUT2D eigenvalue weighted by Crippen LogP contribution is 2.42. The van der Waals surface area contributed by atoms with Crippen molar-refractivity contribution in [3.05, 3.63) is 89.4 Å². The highest BCUT2D eigenvalue weighted by atomic mass is 79.9. The van der Waals surface area contributed by atoms with E-state index >= 15 is 0 Å². The smallest absolute Gasteiger partial charge is 0.348 e. The standard InChI is InChI=1S/C28H28N4O4.BrH/c33-26(31-25-9-12-29-18-30-25)17-32-13-10-19(11-14-32)24(16-32)36-27(34)28(35)22-7-3-1-5-20(22)15-21-6-2-4-8-23(21)28;/h1-9,12,18-19,24,35H,10-11,13-17H2;1H/t19?,24-,32?;/m0./s1. The van der Waals surface area contributed by atoms with Crippen molar-refractivity contribution in [2.45, 2.75) is 31.0 Å². The second-order valence-electron chi connectivity index (χ2n) is 10.3. The molecule has 1 amide bonds. The fourth-order valence-corrected chi connectivity index (χ4v) is 6.28. The number of nitrogens with one attached hydrogen (secondary N) is 1. The maximum atomic E-state index is 13.8. The summed E-state index contributed by atoms with van der Waals surface area (Å²) >= 11 is 0. The van der Waals surface area contributed by atoms with Gasteiger partial charge in [-0.1, -0.05) is 48.5 Å². The van der Waals surface area contributed by atoms with Crippen LogP contribution in [0.4, 0.5) is 5.82 Å².